The topological polar surface area (TPSA) is 70.5 Å². The third kappa shape index (κ3) is 3.60. The summed E-state index contributed by atoms with van der Waals surface area (Å²) in [6.45, 7) is 3.43. The molecule has 0 bridgehead atoms. The molecular formula is C10H13BrN2O3S. The van der Waals surface area contributed by atoms with E-state index >= 15 is 0 Å². The molecule has 0 atom stereocenters. The molecule has 1 aromatic rings. The second-order valence-electron chi connectivity index (χ2n) is 3.21. The van der Waals surface area contributed by atoms with E-state index in [1.165, 1.54) is 24.5 Å². The number of nitrogens with zero attached hydrogens (tertiary/aromatic N) is 2. The maximum Gasteiger partial charge on any atom is 0.245 e. The lowest BCUT2D eigenvalue weighted by Gasteiger charge is -2.19. The molecule has 0 saturated carbocycles. The first-order chi connectivity index (χ1) is 8.02. The molecule has 1 N–H and O–H groups in total. The predicted octanol–water partition coefficient (Wildman–Crippen LogP) is 1.01. The van der Waals surface area contributed by atoms with Crippen molar-refractivity contribution in [2.75, 3.05) is 19.7 Å². The zero-order chi connectivity index (χ0) is 12.9. The summed E-state index contributed by atoms with van der Waals surface area (Å²) in [5.74, 6) is 0. The zero-order valence-corrected chi connectivity index (χ0v) is 11.5. The van der Waals surface area contributed by atoms with Crippen LogP contribution in [-0.2, 0) is 10.0 Å². The van der Waals surface area contributed by atoms with Crippen molar-refractivity contribution in [1.29, 1.82) is 0 Å². The van der Waals surface area contributed by atoms with Crippen LogP contribution in [0.4, 0.5) is 0 Å². The van der Waals surface area contributed by atoms with Gasteiger partial charge in [0.05, 0.1) is 6.61 Å². The van der Waals surface area contributed by atoms with E-state index in [1.54, 1.807) is 0 Å². The monoisotopic (exact) mass is 320 g/mol. The number of aliphatic hydroxyl groups is 1. The van der Waals surface area contributed by atoms with Crippen molar-refractivity contribution >= 4 is 26.0 Å². The number of hydrogen-bond acceptors (Lipinski definition) is 4. The number of sulfonamides is 1. The Hall–Kier alpha value is -0.760. The summed E-state index contributed by atoms with van der Waals surface area (Å²) in [6.07, 6.45) is 4.25. The first-order valence-electron chi connectivity index (χ1n) is 4.85. The van der Waals surface area contributed by atoms with E-state index in [4.69, 9.17) is 5.11 Å². The van der Waals surface area contributed by atoms with Crippen molar-refractivity contribution < 1.29 is 13.5 Å². The normalized spacial score (nSPS) is 11.7. The van der Waals surface area contributed by atoms with Crippen molar-refractivity contribution in [2.45, 2.75) is 4.90 Å². The lowest BCUT2D eigenvalue weighted by atomic mass is 10.5. The highest BCUT2D eigenvalue weighted by Crippen LogP contribution is 2.18. The van der Waals surface area contributed by atoms with Gasteiger partial charge in [0.1, 0.15) is 4.90 Å². The fraction of sp³-hybridized carbons (Fsp3) is 0.300. The Morgan fingerprint density at radius 1 is 1.53 bits per heavy atom. The molecule has 17 heavy (non-hydrogen) atoms. The number of rotatable bonds is 6. The third-order valence-electron chi connectivity index (χ3n) is 2.00. The Morgan fingerprint density at radius 2 is 2.24 bits per heavy atom. The Bertz CT molecular complexity index is 490. The highest BCUT2D eigenvalue weighted by molar-refractivity contribution is 9.10. The van der Waals surface area contributed by atoms with Crippen molar-refractivity contribution in [1.82, 2.24) is 9.29 Å². The van der Waals surface area contributed by atoms with E-state index in [2.05, 4.69) is 27.5 Å². The average Bonchev–Trinajstić information content (AvgIpc) is 2.29. The minimum atomic E-state index is -3.64. The Morgan fingerprint density at radius 3 is 2.76 bits per heavy atom. The molecule has 0 unspecified atom stereocenters. The fourth-order valence-electron chi connectivity index (χ4n) is 1.25. The van der Waals surface area contributed by atoms with Crippen LogP contribution in [-0.4, -0.2) is 42.5 Å². The summed E-state index contributed by atoms with van der Waals surface area (Å²) in [6, 6.07) is 1.47. The highest BCUT2D eigenvalue weighted by atomic mass is 79.9. The third-order valence-corrected chi connectivity index (χ3v) is 4.26. The van der Waals surface area contributed by atoms with Gasteiger partial charge in [-0.1, -0.05) is 6.08 Å². The summed E-state index contributed by atoms with van der Waals surface area (Å²) in [5, 5.41) is 8.86. The molecule has 0 radical (unpaired) electrons. The van der Waals surface area contributed by atoms with Crippen molar-refractivity contribution in [3.05, 3.63) is 35.6 Å². The number of aromatic nitrogens is 1. The predicted molar refractivity (Wildman–Crippen MR) is 68.0 cm³/mol. The van der Waals surface area contributed by atoms with Crippen LogP contribution in [0.3, 0.4) is 0 Å². The lowest BCUT2D eigenvalue weighted by molar-refractivity contribution is 0.260. The maximum atomic E-state index is 12.2. The van der Waals surface area contributed by atoms with Crippen LogP contribution in [0, 0.1) is 0 Å². The quantitative estimate of drug-likeness (QED) is 0.794. The molecule has 0 saturated heterocycles. The molecule has 1 rings (SSSR count). The van der Waals surface area contributed by atoms with Gasteiger partial charge in [0.15, 0.2) is 0 Å². The fourth-order valence-corrected chi connectivity index (χ4v) is 3.16. The Labute approximate surface area is 109 Å². The van der Waals surface area contributed by atoms with Gasteiger partial charge < -0.3 is 5.11 Å². The van der Waals surface area contributed by atoms with E-state index in [0.717, 1.165) is 4.31 Å². The van der Waals surface area contributed by atoms with Gasteiger partial charge >= 0.3 is 0 Å². The van der Waals surface area contributed by atoms with Gasteiger partial charge in [0.25, 0.3) is 0 Å². The van der Waals surface area contributed by atoms with Crippen LogP contribution in [0.1, 0.15) is 0 Å². The summed E-state index contributed by atoms with van der Waals surface area (Å²) in [4.78, 5) is 3.90. The molecular weight excluding hydrogens is 308 g/mol. The second-order valence-corrected chi connectivity index (χ2v) is 6.07. The Kier molecular flexibility index (Phi) is 5.26. The molecule has 94 valence electrons. The molecule has 0 aliphatic rings. The van der Waals surface area contributed by atoms with E-state index in [-0.39, 0.29) is 24.6 Å². The molecule has 0 spiro atoms. The molecule has 0 amide bonds. The van der Waals surface area contributed by atoms with Crippen LogP contribution in [0.5, 0.6) is 0 Å². The van der Waals surface area contributed by atoms with Gasteiger partial charge in [-0.05, 0) is 22.0 Å². The Balaban J connectivity index is 3.11. The zero-order valence-electron chi connectivity index (χ0n) is 9.08. The molecule has 7 heteroatoms. The largest absolute Gasteiger partial charge is 0.395 e. The minimum Gasteiger partial charge on any atom is -0.395 e. The van der Waals surface area contributed by atoms with Crippen molar-refractivity contribution in [3.8, 4) is 0 Å². The molecule has 0 aliphatic carbocycles. The number of pyridine rings is 1. The summed E-state index contributed by atoms with van der Waals surface area (Å²) < 4.78 is 26.1. The number of halogens is 1. The first kappa shape index (κ1) is 14.3. The van der Waals surface area contributed by atoms with Gasteiger partial charge in [-0.3, -0.25) is 4.98 Å². The molecule has 0 aliphatic heterocycles. The lowest BCUT2D eigenvalue weighted by Crippen LogP contribution is -2.33. The van der Waals surface area contributed by atoms with Crippen LogP contribution >= 0.6 is 15.9 Å². The van der Waals surface area contributed by atoms with Crippen LogP contribution in [0.15, 0.2) is 40.5 Å². The minimum absolute atomic E-state index is 0.0286. The van der Waals surface area contributed by atoms with Gasteiger partial charge in [-0.15, -0.1) is 6.58 Å². The van der Waals surface area contributed by atoms with Gasteiger partial charge in [0.2, 0.25) is 10.0 Å². The number of hydrogen-bond donors (Lipinski definition) is 1. The average molecular weight is 321 g/mol. The van der Waals surface area contributed by atoms with Crippen molar-refractivity contribution in [3.63, 3.8) is 0 Å². The van der Waals surface area contributed by atoms with Crippen LogP contribution in [0.25, 0.3) is 0 Å². The standard InChI is InChI=1S/C10H13BrN2O3S/c1-2-3-13(4-5-14)17(15,16)10-6-9(11)7-12-8-10/h2,6-8,14H,1,3-5H2. The first-order valence-corrected chi connectivity index (χ1v) is 7.08. The van der Waals surface area contributed by atoms with Crippen LogP contribution < -0.4 is 0 Å². The molecule has 5 nitrogen and oxygen atoms in total. The smallest absolute Gasteiger partial charge is 0.245 e. The van der Waals surface area contributed by atoms with E-state index < -0.39 is 10.0 Å². The highest BCUT2D eigenvalue weighted by Gasteiger charge is 2.23. The molecule has 0 fully saturated rings. The van der Waals surface area contributed by atoms with Crippen molar-refractivity contribution in [2.24, 2.45) is 0 Å². The van der Waals surface area contributed by atoms with Gasteiger partial charge in [-0.2, -0.15) is 4.31 Å². The van der Waals surface area contributed by atoms with Gasteiger partial charge in [0, 0.05) is 30.0 Å². The van der Waals surface area contributed by atoms with E-state index in [0.29, 0.717) is 4.47 Å². The molecule has 1 heterocycles. The second kappa shape index (κ2) is 6.25. The van der Waals surface area contributed by atoms with Gasteiger partial charge in [-0.25, -0.2) is 8.42 Å². The molecule has 0 aromatic carbocycles. The summed E-state index contributed by atoms with van der Waals surface area (Å²) in [5.41, 5.74) is 0. The molecule has 1 aromatic heterocycles. The SMILES string of the molecule is C=CCN(CCO)S(=O)(=O)c1cncc(Br)c1. The number of aliphatic hydroxyl groups excluding tert-OH is 1. The van der Waals surface area contributed by atoms with Crippen LogP contribution in [0.2, 0.25) is 0 Å². The maximum absolute atomic E-state index is 12.2. The summed E-state index contributed by atoms with van der Waals surface area (Å²) >= 11 is 3.17. The van der Waals surface area contributed by atoms with E-state index in [9.17, 15) is 8.42 Å². The van der Waals surface area contributed by atoms with E-state index in [1.807, 2.05) is 0 Å². The summed E-state index contributed by atoms with van der Waals surface area (Å²) in [7, 11) is -3.64.